The predicted octanol–water partition coefficient (Wildman–Crippen LogP) is 3.88. The van der Waals surface area contributed by atoms with Gasteiger partial charge in [0.2, 0.25) is 0 Å². The SMILES string of the molecule is COc1cc(Nc2nc3ccccc3nc2NS(=O)(=O)c2c(Cl)n[nH]c2C)cc(OC)c1. The fourth-order valence-electron chi connectivity index (χ4n) is 3.05. The van der Waals surface area contributed by atoms with E-state index in [0.29, 0.717) is 33.9 Å². The second kappa shape index (κ2) is 8.52. The maximum atomic E-state index is 13.1. The van der Waals surface area contributed by atoms with Gasteiger partial charge in [-0.3, -0.25) is 9.82 Å². The summed E-state index contributed by atoms with van der Waals surface area (Å²) in [5.74, 6) is 1.26. The molecule has 4 rings (SSSR count). The number of aromatic nitrogens is 4. The van der Waals surface area contributed by atoms with Crippen LogP contribution >= 0.6 is 11.6 Å². The fourth-order valence-corrected chi connectivity index (χ4v) is 4.76. The summed E-state index contributed by atoms with van der Waals surface area (Å²) in [4.78, 5) is 8.85. The molecule has 2 aromatic carbocycles. The summed E-state index contributed by atoms with van der Waals surface area (Å²) in [6, 6.07) is 12.2. The largest absolute Gasteiger partial charge is 0.497 e. The number of ether oxygens (including phenoxy) is 2. The van der Waals surface area contributed by atoms with Crippen molar-refractivity contribution in [2.45, 2.75) is 11.8 Å². The van der Waals surface area contributed by atoms with Crippen LogP contribution in [0.1, 0.15) is 5.69 Å². The van der Waals surface area contributed by atoms with Crippen molar-refractivity contribution in [1.29, 1.82) is 0 Å². The number of hydrogen-bond donors (Lipinski definition) is 3. The first-order chi connectivity index (χ1) is 15.3. The zero-order chi connectivity index (χ0) is 22.9. The van der Waals surface area contributed by atoms with Gasteiger partial charge in [-0.25, -0.2) is 18.4 Å². The molecule has 2 heterocycles. The molecule has 2 aromatic heterocycles. The van der Waals surface area contributed by atoms with E-state index in [2.05, 4.69) is 30.2 Å². The molecule has 10 nitrogen and oxygen atoms in total. The van der Waals surface area contributed by atoms with Crippen LogP contribution in [0.15, 0.2) is 47.4 Å². The molecule has 12 heteroatoms. The van der Waals surface area contributed by atoms with Crippen molar-refractivity contribution < 1.29 is 17.9 Å². The van der Waals surface area contributed by atoms with Gasteiger partial charge in [0.1, 0.15) is 16.4 Å². The first-order valence-electron chi connectivity index (χ1n) is 9.31. The van der Waals surface area contributed by atoms with Crippen molar-refractivity contribution in [1.82, 2.24) is 20.2 Å². The second-order valence-electron chi connectivity index (χ2n) is 6.71. The zero-order valence-electron chi connectivity index (χ0n) is 17.3. The van der Waals surface area contributed by atoms with E-state index in [4.69, 9.17) is 21.1 Å². The summed E-state index contributed by atoms with van der Waals surface area (Å²) in [5, 5.41) is 9.23. The third kappa shape index (κ3) is 4.25. The van der Waals surface area contributed by atoms with Crippen molar-refractivity contribution in [3.8, 4) is 11.5 Å². The predicted molar refractivity (Wildman–Crippen MR) is 122 cm³/mol. The van der Waals surface area contributed by atoms with Gasteiger partial charge in [0.25, 0.3) is 10.0 Å². The zero-order valence-corrected chi connectivity index (χ0v) is 18.9. The molecule has 0 aliphatic carbocycles. The van der Waals surface area contributed by atoms with Gasteiger partial charge in [0.05, 0.1) is 30.9 Å². The topological polar surface area (TPSA) is 131 Å². The van der Waals surface area contributed by atoms with Crippen LogP contribution in [0.25, 0.3) is 11.0 Å². The number of nitrogens with zero attached hydrogens (tertiary/aromatic N) is 3. The minimum absolute atomic E-state index is 0.0119. The van der Waals surface area contributed by atoms with E-state index in [1.807, 2.05) is 6.07 Å². The second-order valence-corrected chi connectivity index (χ2v) is 8.69. The Morgan fingerprint density at radius 2 is 1.56 bits per heavy atom. The van der Waals surface area contributed by atoms with Crippen molar-refractivity contribution in [2.24, 2.45) is 0 Å². The Bertz CT molecular complexity index is 1360. The monoisotopic (exact) mass is 474 g/mol. The smallest absolute Gasteiger partial charge is 0.268 e. The average Bonchev–Trinajstić information content (AvgIpc) is 3.12. The summed E-state index contributed by atoms with van der Waals surface area (Å²) in [6.07, 6.45) is 0. The van der Waals surface area contributed by atoms with E-state index in [1.165, 1.54) is 14.2 Å². The number of sulfonamides is 1. The number of rotatable bonds is 7. The van der Waals surface area contributed by atoms with Gasteiger partial charge in [-0.1, -0.05) is 23.7 Å². The summed E-state index contributed by atoms with van der Waals surface area (Å²) >= 11 is 5.99. The summed E-state index contributed by atoms with van der Waals surface area (Å²) < 4.78 is 39.2. The van der Waals surface area contributed by atoms with E-state index in [9.17, 15) is 8.42 Å². The van der Waals surface area contributed by atoms with Crippen LogP contribution in [-0.2, 0) is 10.0 Å². The minimum atomic E-state index is -4.11. The van der Waals surface area contributed by atoms with Crippen LogP contribution in [0.4, 0.5) is 17.3 Å². The van der Waals surface area contributed by atoms with Gasteiger partial charge >= 0.3 is 0 Å². The molecule has 0 bridgehead atoms. The molecule has 0 amide bonds. The maximum Gasteiger partial charge on any atom is 0.268 e. The van der Waals surface area contributed by atoms with E-state index in [-0.39, 0.29) is 21.7 Å². The molecule has 0 fully saturated rings. The molecule has 32 heavy (non-hydrogen) atoms. The Kier molecular flexibility index (Phi) is 5.76. The standard InChI is InChI=1S/C20H19ClN6O4S/c1-11-17(18(21)26-25-11)32(28,29)27-20-19(23-15-6-4-5-7-16(15)24-20)22-12-8-13(30-2)10-14(9-12)31-3/h4-10H,1-3H3,(H,22,23)(H,24,27)(H,25,26). The van der Waals surface area contributed by atoms with Gasteiger partial charge in [-0.2, -0.15) is 5.10 Å². The van der Waals surface area contributed by atoms with Crippen LogP contribution in [0.2, 0.25) is 5.15 Å². The molecule has 0 saturated carbocycles. The Morgan fingerprint density at radius 3 is 2.09 bits per heavy atom. The van der Waals surface area contributed by atoms with E-state index < -0.39 is 10.0 Å². The van der Waals surface area contributed by atoms with Crippen LogP contribution < -0.4 is 19.5 Å². The molecule has 0 unspecified atom stereocenters. The van der Waals surface area contributed by atoms with Crippen molar-refractivity contribution in [3.63, 3.8) is 0 Å². The van der Waals surface area contributed by atoms with E-state index >= 15 is 0 Å². The van der Waals surface area contributed by atoms with Crippen LogP contribution in [0, 0.1) is 6.92 Å². The number of para-hydroxylation sites is 2. The van der Waals surface area contributed by atoms with Gasteiger partial charge in [0, 0.05) is 23.9 Å². The Morgan fingerprint density at radius 1 is 0.969 bits per heavy atom. The highest BCUT2D eigenvalue weighted by Gasteiger charge is 2.26. The molecule has 0 radical (unpaired) electrons. The number of hydrogen-bond acceptors (Lipinski definition) is 8. The van der Waals surface area contributed by atoms with Crippen molar-refractivity contribution in [3.05, 3.63) is 53.3 Å². The van der Waals surface area contributed by atoms with E-state index in [1.54, 1.807) is 43.3 Å². The van der Waals surface area contributed by atoms with Crippen LogP contribution in [0.5, 0.6) is 11.5 Å². The van der Waals surface area contributed by atoms with Gasteiger partial charge in [-0.05, 0) is 19.1 Å². The molecule has 3 N–H and O–H groups in total. The number of H-pyrrole nitrogens is 1. The average molecular weight is 475 g/mol. The Labute approximate surface area is 189 Å². The van der Waals surface area contributed by atoms with Crippen molar-refractivity contribution in [2.75, 3.05) is 24.3 Å². The van der Waals surface area contributed by atoms with Crippen LogP contribution in [-0.4, -0.2) is 42.8 Å². The quantitative estimate of drug-likeness (QED) is 0.367. The van der Waals surface area contributed by atoms with Gasteiger partial charge < -0.3 is 14.8 Å². The number of anilines is 3. The third-order valence-corrected chi connectivity index (χ3v) is 6.42. The van der Waals surface area contributed by atoms with Gasteiger partial charge in [-0.15, -0.1) is 0 Å². The Balaban J connectivity index is 1.81. The highest BCUT2D eigenvalue weighted by Crippen LogP contribution is 2.32. The molecule has 4 aromatic rings. The highest BCUT2D eigenvalue weighted by atomic mass is 35.5. The van der Waals surface area contributed by atoms with Crippen LogP contribution in [0.3, 0.4) is 0 Å². The lowest BCUT2D eigenvalue weighted by Gasteiger charge is -2.15. The van der Waals surface area contributed by atoms with E-state index in [0.717, 1.165) is 0 Å². The molecule has 166 valence electrons. The maximum absolute atomic E-state index is 13.1. The first-order valence-corrected chi connectivity index (χ1v) is 11.2. The molecular formula is C20H19ClN6O4S. The van der Waals surface area contributed by atoms with Crippen molar-refractivity contribution >= 4 is 50.0 Å². The minimum Gasteiger partial charge on any atom is -0.497 e. The number of fused-ring (bicyclic) bond motifs is 1. The first kappa shape index (κ1) is 21.7. The normalized spacial score (nSPS) is 11.4. The van der Waals surface area contributed by atoms with Gasteiger partial charge in [0.15, 0.2) is 16.8 Å². The number of nitrogens with one attached hydrogen (secondary N) is 3. The molecule has 0 atom stereocenters. The number of halogens is 1. The Hall–Kier alpha value is -3.57. The number of methoxy groups -OCH3 is 2. The molecule has 0 saturated heterocycles. The summed E-state index contributed by atoms with van der Waals surface area (Å²) in [5.41, 5.74) is 1.94. The lowest BCUT2D eigenvalue weighted by atomic mass is 10.2. The molecular weight excluding hydrogens is 456 g/mol. The molecule has 0 aliphatic heterocycles. The summed E-state index contributed by atoms with van der Waals surface area (Å²) in [6.45, 7) is 1.56. The highest BCUT2D eigenvalue weighted by molar-refractivity contribution is 7.92. The molecule has 0 spiro atoms. The number of benzene rings is 2. The molecule has 0 aliphatic rings. The number of aromatic amines is 1. The third-order valence-electron chi connectivity index (χ3n) is 4.53. The summed E-state index contributed by atoms with van der Waals surface area (Å²) in [7, 11) is -1.04. The number of aryl methyl sites for hydroxylation is 1. The lowest BCUT2D eigenvalue weighted by molar-refractivity contribution is 0.395. The lowest BCUT2D eigenvalue weighted by Crippen LogP contribution is -2.16. The fraction of sp³-hybridized carbons (Fsp3) is 0.150.